The molecule has 0 saturated heterocycles. The lowest BCUT2D eigenvalue weighted by atomic mass is 9.60. The molecule has 1 aromatic carbocycles. The van der Waals surface area contributed by atoms with Crippen LogP contribution in [0.4, 0.5) is 0 Å². The fourth-order valence-electron chi connectivity index (χ4n) is 4.17. The SMILES string of the molecule is COc1cc(OC)c2c(c1)C1(C)CCCC(C)(C)C1=C2. The molecule has 108 valence electrons. The Kier molecular flexibility index (Phi) is 2.89. The Hall–Kier alpha value is -1.44. The molecule has 1 aromatic rings. The van der Waals surface area contributed by atoms with Gasteiger partial charge < -0.3 is 9.47 Å². The maximum Gasteiger partial charge on any atom is 0.130 e. The number of ether oxygens (including phenoxy) is 2. The molecule has 2 nitrogen and oxygen atoms in total. The summed E-state index contributed by atoms with van der Waals surface area (Å²) in [6.07, 6.45) is 6.13. The van der Waals surface area contributed by atoms with Crippen molar-refractivity contribution in [1.82, 2.24) is 0 Å². The highest BCUT2D eigenvalue weighted by molar-refractivity contribution is 5.76. The van der Waals surface area contributed by atoms with Crippen molar-refractivity contribution >= 4 is 6.08 Å². The topological polar surface area (TPSA) is 18.5 Å². The molecule has 1 fully saturated rings. The molecule has 0 spiro atoms. The lowest BCUT2D eigenvalue weighted by molar-refractivity contribution is 0.265. The summed E-state index contributed by atoms with van der Waals surface area (Å²) in [6.45, 7) is 7.11. The molecule has 1 unspecified atom stereocenters. The molecule has 1 saturated carbocycles. The van der Waals surface area contributed by atoms with Crippen LogP contribution in [-0.4, -0.2) is 14.2 Å². The summed E-state index contributed by atoms with van der Waals surface area (Å²) in [7, 11) is 3.46. The molecule has 0 aliphatic heterocycles. The van der Waals surface area contributed by atoms with Crippen LogP contribution in [0.3, 0.4) is 0 Å². The summed E-state index contributed by atoms with van der Waals surface area (Å²) in [4.78, 5) is 0. The average Bonchev–Trinajstić information content (AvgIpc) is 2.72. The minimum atomic E-state index is 0.138. The van der Waals surface area contributed by atoms with Gasteiger partial charge >= 0.3 is 0 Å². The molecule has 3 rings (SSSR count). The first-order valence-corrected chi connectivity index (χ1v) is 7.41. The molecular weight excluding hydrogens is 248 g/mol. The van der Waals surface area contributed by atoms with Crippen LogP contribution in [0.1, 0.15) is 51.2 Å². The van der Waals surface area contributed by atoms with Gasteiger partial charge in [-0.1, -0.05) is 38.8 Å². The van der Waals surface area contributed by atoms with E-state index in [4.69, 9.17) is 9.47 Å². The van der Waals surface area contributed by atoms with Gasteiger partial charge in [0, 0.05) is 17.0 Å². The number of hydrogen-bond donors (Lipinski definition) is 0. The number of allylic oxidation sites excluding steroid dienone is 1. The van der Waals surface area contributed by atoms with Gasteiger partial charge in [-0.15, -0.1) is 0 Å². The number of rotatable bonds is 2. The number of fused-ring (bicyclic) bond motifs is 3. The molecule has 0 aromatic heterocycles. The Morgan fingerprint density at radius 2 is 1.75 bits per heavy atom. The molecule has 2 aliphatic carbocycles. The molecule has 0 amide bonds. The van der Waals surface area contributed by atoms with Gasteiger partial charge in [-0.05, 0) is 29.9 Å². The molecule has 2 aliphatic rings. The van der Waals surface area contributed by atoms with Gasteiger partial charge in [0.05, 0.1) is 14.2 Å². The van der Waals surface area contributed by atoms with Gasteiger partial charge in [-0.25, -0.2) is 0 Å². The zero-order valence-electron chi connectivity index (χ0n) is 13.2. The highest BCUT2D eigenvalue weighted by Crippen LogP contribution is 2.58. The first-order chi connectivity index (χ1) is 9.42. The third kappa shape index (κ3) is 1.70. The lowest BCUT2D eigenvalue weighted by Gasteiger charge is -2.44. The maximum atomic E-state index is 5.59. The largest absolute Gasteiger partial charge is 0.497 e. The summed E-state index contributed by atoms with van der Waals surface area (Å²) in [6, 6.07) is 4.19. The van der Waals surface area contributed by atoms with Crippen LogP contribution in [0.2, 0.25) is 0 Å². The molecule has 0 radical (unpaired) electrons. The zero-order valence-corrected chi connectivity index (χ0v) is 13.2. The van der Waals surface area contributed by atoms with Crippen LogP contribution >= 0.6 is 0 Å². The Balaban J connectivity index is 2.23. The summed E-state index contributed by atoms with van der Waals surface area (Å²) in [5.74, 6) is 1.82. The Morgan fingerprint density at radius 1 is 1.00 bits per heavy atom. The van der Waals surface area contributed by atoms with E-state index in [0.717, 1.165) is 11.5 Å². The van der Waals surface area contributed by atoms with Crippen molar-refractivity contribution in [3.8, 4) is 11.5 Å². The summed E-state index contributed by atoms with van der Waals surface area (Å²) < 4.78 is 11.0. The van der Waals surface area contributed by atoms with E-state index in [1.165, 1.54) is 30.4 Å². The zero-order chi connectivity index (χ0) is 14.5. The minimum absolute atomic E-state index is 0.138. The van der Waals surface area contributed by atoms with Crippen molar-refractivity contribution in [2.45, 2.75) is 45.4 Å². The minimum Gasteiger partial charge on any atom is -0.497 e. The first kappa shape index (κ1) is 13.5. The van der Waals surface area contributed by atoms with Gasteiger partial charge in [0.2, 0.25) is 0 Å². The molecule has 2 heteroatoms. The smallest absolute Gasteiger partial charge is 0.130 e. The number of hydrogen-bond acceptors (Lipinski definition) is 2. The van der Waals surface area contributed by atoms with E-state index in [9.17, 15) is 0 Å². The molecule has 20 heavy (non-hydrogen) atoms. The van der Waals surface area contributed by atoms with E-state index in [0.29, 0.717) is 0 Å². The Bertz CT molecular complexity index is 583. The number of benzene rings is 1. The van der Waals surface area contributed by atoms with Crippen molar-refractivity contribution in [3.63, 3.8) is 0 Å². The highest BCUT2D eigenvalue weighted by atomic mass is 16.5. The predicted molar refractivity (Wildman–Crippen MR) is 82.5 cm³/mol. The van der Waals surface area contributed by atoms with Gasteiger partial charge in [0.15, 0.2) is 0 Å². The third-order valence-corrected chi connectivity index (χ3v) is 5.26. The van der Waals surface area contributed by atoms with Crippen molar-refractivity contribution in [3.05, 3.63) is 28.8 Å². The fourth-order valence-corrected chi connectivity index (χ4v) is 4.17. The van der Waals surface area contributed by atoms with Crippen molar-refractivity contribution in [1.29, 1.82) is 0 Å². The van der Waals surface area contributed by atoms with E-state index < -0.39 is 0 Å². The summed E-state index contributed by atoms with van der Waals surface area (Å²) >= 11 is 0. The normalized spacial score (nSPS) is 26.6. The standard InChI is InChI=1S/C18H24O2/c1-17(2)7-6-8-18(3)14-9-12(19-4)10-15(20-5)13(14)11-16(17)18/h9-11H,6-8H2,1-5H3. The fraction of sp³-hybridized carbons (Fsp3) is 0.556. The van der Waals surface area contributed by atoms with Gasteiger partial charge in [0.1, 0.15) is 11.5 Å². The summed E-state index contributed by atoms with van der Waals surface area (Å²) in [5, 5.41) is 0. The lowest BCUT2D eigenvalue weighted by Crippen LogP contribution is -2.35. The quantitative estimate of drug-likeness (QED) is 0.785. The highest BCUT2D eigenvalue weighted by Gasteiger charge is 2.47. The second-order valence-corrected chi connectivity index (χ2v) is 6.92. The van der Waals surface area contributed by atoms with E-state index in [1.807, 2.05) is 6.07 Å². The molecule has 0 bridgehead atoms. The van der Waals surface area contributed by atoms with Crippen LogP contribution in [0, 0.1) is 5.41 Å². The van der Waals surface area contributed by atoms with Gasteiger partial charge in [-0.2, -0.15) is 0 Å². The molecule has 0 heterocycles. The van der Waals surface area contributed by atoms with E-state index in [2.05, 4.69) is 32.9 Å². The molecular formula is C18H24O2. The Morgan fingerprint density at radius 3 is 2.40 bits per heavy atom. The van der Waals surface area contributed by atoms with Crippen LogP contribution in [0.25, 0.3) is 6.08 Å². The van der Waals surface area contributed by atoms with Crippen LogP contribution in [0.15, 0.2) is 17.7 Å². The predicted octanol–water partition coefficient (Wildman–Crippen LogP) is 4.57. The van der Waals surface area contributed by atoms with Gasteiger partial charge in [0.25, 0.3) is 0 Å². The third-order valence-electron chi connectivity index (χ3n) is 5.26. The van der Waals surface area contributed by atoms with Crippen molar-refractivity contribution < 1.29 is 9.47 Å². The maximum absolute atomic E-state index is 5.59. The van der Waals surface area contributed by atoms with Gasteiger partial charge in [-0.3, -0.25) is 0 Å². The van der Waals surface area contributed by atoms with Crippen molar-refractivity contribution in [2.75, 3.05) is 14.2 Å². The molecule has 0 N–H and O–H groups in total. The van der Waals surface area contributed by atoms with Crippen LogP contribution in [-0.2, 0) is 5.41 Å². The van der Waals surface area contributed by atoms with Crippen LogP contribution in [0.5, 0.6) is 11.5 Å². The van der Waals surface area contributed by atoms with E-state index in [-0.39, 0.29) is 10.8 Å². The monoisotopic (exact) mass is 272 g/mol. The van der Waals surface area contributed by atoms with E-state index >= 15 is 0 Å². The van der Waals surface area contributed by atoms with E-state index in [1.54, 1.807) is 19.8 Å². The van der Waals surface area contributed by atoms with Crippen LogP contribution < -0.4 is 9.47 Å². The summed E-state index contributed by atoms with van der Waals surface area (Å²) in [5.41, 5.74) is 4.58. The second-order valence-electron chi connectivity index (χ2n) is 6.92. The second kappa shape index (κ2) is 4.28. The Labute approximate surface area is 121 Å². The van der Waals surface area contributed by atoms with Crippen molar-refractivity contribution in [2.24, 2.45) is 5.41 Å². The first-order valence-electron chi connectivity index (χ1n) is 7.41. The number of methoxy groups -OCH3 is 2. The average molecular weight is 272 g/mol. The molecule has 1 atom stereocenters.